The number of rotatable bonds is 5. The Balaban J connectivity index is 1.62. The number of aromatic nitrogens is 4. The number of hydrogen-bond acceptors (Lipinski definition) is 5. The van der Waals surface area contributed by atoms with E-state index in [4.69, 9.17) is 16.3 Å². The number of benzene rings is 2. The number of imidazole rings is 1. The molecule has 10 heteroatoms. The third-order valence-corrected chi connectivity index (χ3v) is 5.03. The van der Waals surface area contributed by atoms with E-state index in [-0.39, 0.29) is 11.2 Å². The van der Waals surface area contributed by atoms with Crippen LogP contribution in [0.15, 0.2) is 64.4 Å². The summed E-state index contributed by atoms with van der Waals surface area (Å²) in [5.74, 6) is 0.236. The van der Waals surface area contributed by atoms with Crippen LogP contribution in [0.5, 0.6) is 11.5 Å². The molecule has 0 saturated carbocycles. The van der Waals surface area contributed by atoms with Gasteiger partial charge in [0.25, 0.3) is 5.56 Å². The Labute approximate surface area is 181 Å². The van der Waals surface area contributed by atoms with E-state index in [0.29, 0.717) is 22.2 Å². The first-order valence-electron chi connectivity index (χ1n) is 9.29. The summed E-state index contributed by atoms with van der Waals surface area (Å²) in [5, 5.41) is 3.11. The van der Waals surface area contributed by atoms with Crippen LogP contribution in [0.2, 0.25) is 5.02 Å². The van der Waals surface area contributed by atoms with E-state index in [9.17, 15) is 14.4 Å². The summed E-state index contributed by atoms with van der Waals surface area (Å²) in [7, 11) is 3.15. The summed E-state index contributed by atoms with van der Waals surface area (Å²) in [6.07, 6.45) is 1.44. The normalized spacial score (nSPS) is 10.9. The molecule has 0 atom stereocenters. The fourth-order valence-electron chi connectivity index (χ4n) is 3.17. The number of hydrogen-bond donors (Lipinski definition) is 1. The summed E-state index contributed by atoms with van der Waals surface area (Å²) >= 11 is 6.15. The molecule has 0 fully saturated rings. The SMILES string of the molecule is Cn1cnc2c1c(=O)n(CC(=O)Nc1ccccc1Oc1ccccc1Cl)c(=O)n2C. The van der Waals surface area contributed by atoms with Gasteiger partial charge in [0.2, 0.25) is 5.91 Å². The molecule has 0 unspecified atom stereocenters. The summed E-state index contributed by atoms with van der Waals surface area (Å²) in [5.41, 5.74) is -0.357. The van der Waals surface area contributed by atoms with Gasteiger partial charge < -0.3 is 14.6 Å². The maximum atomic E-state index is 12.8. The van der Waals surface area contributed by atoms with Crippen molar-refractivity contribution in [2.45, 2.75) is 6.54 Å². The second kappa shape index (κ2) is 8.11. The van der Waals surface area contributed by atoms with E-state index >= 15 is 0 Å². The summed E-state index contributed by atoms with van der Waals surface area (Å²) in [6.45, 7) is -0.465. The van der Waals surface area contributed by atoms with Crippen molar-refractivity contribution >= 4 is 34.4 Å². The lowest BCUT2D eigenvalue weighted by atomic mass is 10.2. The first-order valence-corrected chi connectivity index (χ1v) is 9.66. The fourth-order valence-corrected chi connectivity index (χ4v) is 3.35. The molecule has 9 nitrogen and oxygen atoms in total. The van der Waals surface area contributed by atoms with Gasteiger partial charge in [0.15, 0.2) is 16.9 Å². The molecule has 0 aliphatic carbocycles. The van der Waals surface area contributed by atoms with Crippen LogP contribution in [0.25, 0.3) is 11.2 Å². The highest BCUT2D eigenvalue weighted by Gasteiger charge is 2.18. The molecule has 2 aromatic heterocycles. The molecule has 2 heterocycles. The zero-order chi connectivity index (χ0) is 22.1. The molecule has 0 spiro atoms. The minimum absolute atomic E-state index is 0.234. The Morgan fingerprint density at radius 1 is 1.06 bits per heavy atom. The van der Waals surface area contributed by atoms with Crippen LogP contribution in [0, 0.1) is 0 Å². The Kier molecular flexibility index (Phi) is 5.35. The second-order valence-corrected chi connectivity index (χ2v) is 7.24. The van der Waals surface area contributed by atoms with Crippen LogP contribution >= 0.6 is 11.6 Å². The molecule has 158 valence electrons. The first kappa shape index (κ1) is 20.4. The van der Waals surface area contributed by atoms with Gasteiger partial charge >= 0.3 is 5.69 Å². The lowest BCUT2D eigenvalue weighted by molar-refractivity contribution is -0.116. The van der Waals surface area contributed by atoms with Crippen LogP contribution in [0.4, 0.5) is 5.69 Å². The number of para-hydroxylation sites is 3. The standard InChI is InChI=1S/C21H18ClN5O4/c1-25-12-23-19-18(25)20(29)27(21(30)26(19)2)11-17(28)24-14-8-4-6-10-16(14)31-15-9-5-3-7-13(15)22/h3-10,12H,11H2,1-2H3,(H,24,28). The molecule has 0 radical (unpaired) electrons. The predicted molar refractivity (Wildman–Crippen MR) is 117 cm³/mol. The topological polar surface area (TPSA) is 100 Å². The van der Waals surface area contributed by atoms with Crippen LogP contribution in [0.1, 0.15) is 0 Å². The highest BCUT2D eigenvalue weighted by Crippen LogP contribution is 2.33. The average Bonchev–Trinajstić information content (AvgIpc) is 3.14. The van der Waals surface area contributed by atoms with Gasteiger partial charge in [0, 0.05) is 14.1 Å². The molecule has 4 aromatic rings. The molecule has 31 heavy (non-hydrogen) atoms. The van der Waals surface area contributed by atoms with E-state index in [1.807, 2.05) is 0 Å². The van der Waals surface area contributed by atoms with Crippen molar-refractivity contribution in [3.63, 3.8) is 0 Å². The highest BCUT2D eigenvalue weighted by molar-refractivity contribution is 6.32. The number of amides is 1. The number of aryl methyl sites for hydroxylation is 2. The third kappa shape index (κ3) is 3.82. The Hall–Kier alpha value is -3.85. The van der Waals surface area contributed by atoms with Gasteiger partial charge in [-0.25, -0.2) is 14.3 Å². The minimum atomic E-state index is -0.632. The van der Waals surface area contributed by atoms with Crippen molar-refractivity contribution in [2.75, 3.05) is 5.32 Å². The summed E-state index contributed by atoms with van der Waals surface area (Å²) < 4.78 is 9.45. The molecule has 0 bridgehead atoms. The average molecular weight is 440 g/mol. The van der Waals surface area contributed by atoms with Crippen molar-refractivity contribution < 1.29 is 9.53 Å². The van der Waals surface area contributed by atoms with E-state index in [1.165, 1.54) is 22.5 Å². The molecule has 1 amide bonds. The number of ether oxygens (including phenoxy) is 1. The predicted octanol–water partition coefficient (Wildman–Crippen LogP) is 2.52. The fraction of sp³-hybridized carbons (Fsp3) is 0.143. The Bertz CT molecular complexity index is 1420. The Morgan fingerprint density at radius 2 is 1.74 bits per heavy atom. The second-order valence-electron chi connectivity index (χ2n) is 6.84. The Morgan fingerprint density at radius 3 is 2.48 bits per heavy atom. The van der Waals surface area contributed by atoms with E-state index in [0.717, 1.165) is 4.57 Å². The van der Waals surface area contributed by atoms with Gasteiger partial charge in [-0.15, -0.1) is 0 Å². The van der Waals surface area contributed by atoms with E-state index < -0.39 is 23.7 Å². The number of nitrogens with zero attached hydrogens (tertiary/aromatic N) is 4. The van der Waals surface area contributed by atoms with E-state index in [1.54, 1.807) is 55.6 Å². The maximum Gasteiger partial charge on any atom is 0.332 e. The van der Waals surface area contributed by atoms with Crippen LogP contribution in [0.3, 0.4) is 0 Å². The van der Waals surface area contributed by atoms with Gasteiger partial charge in [0.1, 0.15) is 12.3 Å². The summed E-state index contributed by atoms with van der Waals surface area (Å²) in [6, 6.07) is 13.7. The number of fused-ring (bicyclic) bond motifs is 1. The van der Waals surface area contributed by atoms with Gasteiger partial charge in [-0.05, 0) is 24.3 Å². The van der Waals surface area contributed by atoms with E-state index in [2.05, 4.69) is 10.3 Å². The monoisotopic (exact) mass is 439 g/mol. The van der Waals surface area contributed by atoms with Crippen molar-refractivity contribution in [1.82, 2.24) is 18.7 Å². The lowest BCUT2D eigenvalue weighted by Crippen LogP contribution is -2.42. The summed E-state index contributed by atoms with van der Waals surface area (Å²) in [4.78, 5) is 42.2. The lowest BCUT2D eigenvalue weighted by Gasteiger charge is -2.13. The van der Waals surface area contributed by atoms with Crippen LogP contribution in [-0.4, -0.2) is 24.6 Å². The highest BCUT2D eigenvalue weighted by atomic mass is 35.5. The van der Waals surface area contributed by atoms with Crippen molar-refractivity contribution in [2.24, 2.45) is 14.1 Å². The number of halogens is 1. The number of carbonyl (C=O) groups excluding carboxylic acids is 1. The maximum absolute atomic E-state index is 12.8. The molecule has 2 aromatic carbocycles. The molecular weight excluding hydrogens is 422 g/mol. The van der Waals surface area contributed by atoms with Gasteiger partial charge in [-0.1, -0.05) is 35.9 Å². The van der Waals surface area contributed by atoms with Gasteiger partial charge in [0.05, 0.1) is 17.0 Å². The largest absolute Gasteiger partial charge is 0.454 e. The molecule has 0 saturated heterocycles. The van der Waals surface area contributed by atoms with Crippen molar-refractivity contribution in [3.8, 4) is 11.5 Å². The number of nitrogens with one attached hydrogen (secondary N) is 1. The smallest absolute Gasteiger partial charge is 0.332 e. The van der Waals surface area contributed by atoms with Gasteiger partial charge in [-0.3, -0.25) is 14.2 Å². The molecule has 1 N–H and O–H groups in total. The first-order chi connectivity index (χ1) is 14.9. The van der Waals surface area contributed by atoms with Crippen molar-refractivity contribution in [1.29, 1.82) is 0 Å². The molecule has 0 aliphatic heterocycles. The van der Waals surface area contributed by atoms with Crippen LogP contribution < -0.4 is 21.3 Å². The number of anilines is 1. The number of carbonyl (C=O) groups is 1. The molecular formula is C21H18ClN5O4. The third-order valence-electron chi connectivity index (χ3n) is 4.72. The van der Waals surface area contributed by atoms with Crippen molar-refractivity contribution in [3.05, 3.63) is 80.7 Å². The van der Waals surface area contributed by atoms with Crippen LogP contribution in [-0.2, 0) is 25.4 Å². The molecule has 4 rings (SSSR count). The zero-order valence-electron chi connectivity index (χ0n) is 16.7. The molecule has 0 aliphatic rings. The zero-order valence-corrected chi connectivity index (χ0v) is 17.5. The quantitative estimate of drug-likeness (QED) is 0.515. The van der Waals surface area contributed by atoms with Gasteiger partial charge in [-0.2, -0.15) is 0 Å². The minimum Gasteiger partial charge on any atom is -0.454 e.